The Labute approximate surface area is 122 Å². The molecule has 1 aromatic heterocycles. The molecule has 0 radical (unpaired) electrons. The van der Waals surface area contributed by atoms with Gasteiger partial charge in [0.2, 0.25) is 0 Å². The molecule has 0 aliphatic rings. The average Bonchev–Trinajstić information content (AvgIpc) is 2.47. The Hall–Kier alpha value is -2.87. The molecule has 0 saturated heterocycles. The van der Waals surface area contributed by atoms with Crippen molar-refractivity contribution in [2.45, 2.75) is 12.8 Å². The van der Waals surface area contributed by atoms with E-state index < -0.39 is 11.9 Å². The predicted octanol–water partition coefficient (Wildman–Crippen LogP) is 2.54. The molecule has 0 bridgehead atoms. The Morgan fingerprint density at radius 2 is 2.10 bits per heavy atom. The average molecular weight is 281 g/mol. The second kappa shape index (κ2) is 6.53. The number of carbonyl (C=O) groups is 1. The third-order valence-electron chi connectivity index (χ3n) is 3.07. The van der Waals surface area contributed by atoms with Crippen LogP contribution in [0.3, 0.4) is 0 Å². The number of aromatic nitrogens is 1. The van der Waals surface area contributed by atoms with Gasteiger partial charge in [-0.1, -0.05) is 30.3 Å². The topological polar surface area (TPSA) is 86.0 Å². The fraction of sp³-hybridized carbons (Fsp3) is 0.188. The number of anilines is 1. The lowest BCUT2D eigenvalue weighted by Gasteiger charge is -2.14. The molecular formula is C16H15N3O2. The van der Waals surface area contributed by atoms with E-state index in [0.717, 1.165) is 5.56 Å². The number of carboxylic acids is 1. The molecular weight excluding hydrogens is 266 g/mol. The summed E-state index contributed by atoms with van der Waals surface area (Å²) in [6, 6.07) is 14.4. The van der Waals surface area contributed by atoms with Crippen molar-refractivity contribution >= 4 is 11.8 Å². The van der Waals surface area contributed by atoms with Gasteiger partial charge in [0.1, 0.15) is 5.82 Å². The number of nitrogens with one attached hydrogen (secondary N) is 1. The molecule has 2 aromatic rings. The monoisotopic (exact) mass is 281 g/mol. The number of aliphatic carboxylic acids is 1. The molecule has 0 amide bonds. The van der Waals surface area contributed by atoms with E-state index in [1.165, 1.54) is 0 Å². The normalized spacial score (nSPS) is 11.4. The van der Waals surface area contributed by atoms with Gasteiger partial charge in [-0.2, -0.15) is 5.26 Å². The van der Waals surface area contributed by atoms with Crippen LogP contribution < -0.4 is 5.32 Å². The van der Waals surface area contributed by atoms with Gasteiger partial charge in [0, 0.05) is 12.2 Å². The van der Waals surface area contributed by atoms with Crippen molar-refractivity contribution in [1.29, 1.82) is 5.26 Å². The summed E-state index contributed by atoms with van der Waals surface area (Å²) in [5, 5.41) is 21.3. The minimum absolute atomic E-state index is 0.209. The summed E-state index contributed by atoms with van der Waals surface area (Å²) >= 11 is 0. The number of benzene rings is 1. The van der Waals surface area contributed by atoms with Crippen LogP contribution in [0, 0.1) is 18.3 Å². The molecule has 106 valence electrons. The fourth-order valence-corrected chi connectivity index (χ4v) is 2.06. The summed E-state index contributed by atoms with van der Waals surface area (Å²) in [5.41, 5.74) is 1.94. The molecule has 1 heterocycles. The lowest BCUT2D eigenvalue weighted by Crippen LogP contribution is -2.21. The van der Waals surface area contributed by atoms with Gasteiger partial charge < -0.3 is 10.4 Å². The van der Waals surface area contributed by atoms with E-state index in [1.807, 2.05) is 18.2 Å². The third kappa shape index (κ3) is 3.80. The summed E-state index contributed by atoms with van der Waals surface area (Å²) in [4.78, 5) is 15.7. The van der Waals surface area contributed by atoms with Gasteiger partial charge >= 0.3 is 5.97 Å². The third-order valence-corrected chi connectivity index (χ3v) is 3.07. The molecule has 21 heavy (non-hydrogen) atoms. The molecule has 5 nitrogen and oxygen atoms in total. The fourth-order valence-electron chi connectivity index (χ4n) is 2.06. The Bertz CT molecular complexity index is 678. The molecule has 1 atom stereocenters. The van der Waals surface area contributed by atoms with Gasteiger partial charge in [-0.05, 0) is 24.6 Å². The highest BCUT2D eigenvalue weighted by atomic mass is 16.4. The molecule has 0 spiro atoms. The molecule has 0 fully saturated rings. The zero-order chi connectivity index (χ0) is 15.2. The number of hydrogen-bond acceptors (Lipinski definition) is 4. The number of rotatable bonds is 5. The standard InChI is InChI=1S/C16H15N3O2/c1-11-7-12(9-17)8-15(19-11)18-10-14(16(20)21)13-5-3-2-4-6-13/h2-8,14H,10H2,1H3,(H,18,19)(H,20,21). The van der Waals surface area contributed by atoms with Crippen LogP contribution in [0.15, 0.2) is 42.5 Å². The summed E-state index contributed by atoms with van der Waals surface area (Å²) in [6.45, 7) is 2.00. The highest BCUT2D eigenvalue weighted by Crippen LogP contribution is 2.17. The summed E-state index contributed by atoms with van der Waals surface area (Å²) in [7, 11) is 0. The molecule has 0 aliphatic heterocycles. The maximum atomic E-state index is 11.4. The first kappa shape index (κ1) is 14.5. The van der Waals surface area contributed by atoms with Gasteiger partial charge in [0.05, 0.1) is 17.6 Å². The van der Waals surface area contributed by atoms with Crippen molar-refractivity contribution in [2.24, 2.45) is 0 Å². The van der Waals surface area contributed by atoms with E-state index in [-0.39, 0.29) is 6.54 Å². The van der Waals surface area contributed by atoms with Crippen LogP contribution in [0.4, 0.5) is 5.82 Å². The van der Waals surface area contributed by atoms with Crippen LogP contribution >= 0.6 is 0 Å². The van der Waals surface area contributed by atoms with Gasteiger partial charge in [-0.15, -0.1) is 0 Å². The van der Waals surface area contributed by atoms with Crippen molar-refractivity contribution in [2.75, 3.05) is 11.9 Å². The molecule has 1 aromatic carbocycles. The SMILES string of the molecule is Cc1cc(C#N)cc(NCC(C(=O)O)c2ccccc2)n1. The summed E-state index contributed by atoms with van der Waals surface area (Å²) in [5.74, 6) is -1.06. The van der Waals surface area contributed by atoms with Crippen LogP contribution in [0.2, 0.25) is 0 Å². The van der Waals surface area contributed by atoms with Crippen LogP contribution in [0.25, 0.3) is 0 Å². The number of nitrogens with zero attached hydrogens (tertiary/aromatic N) is 2. The van der Waals surface area contributed by atoms with Gasteiger partial charge in [-0.25, -0.2) is 4.98 Å². The predicted molar refractivity (Wildman–Crippen MR) is 79.0 cm³/mol. The number of carboxylic acid groups (broad SMARTS) is 1. The maximum absolute atomic E-state index is 11.4. The Morgan fingerprint density at radius 3 is 2.71 bits per heavy atom. The second-order valence-corrected chi connectivity index (χ2v) is 4.68. The number of hydrogen-bond donors (Lipinski definition) is 2. The van der Waals surface area contributed by atoms with Crippen LogP contribution in [0.5, 0.6) is 0 Å². The Morgan fingerprint density at radius 1 is 1.38 bits per heavy atom. The lowest BCUT2D eigenvalue weighted by atomic mass is 9.99. The van der Waals surface area contributed by atoms with E-state index >= 15 is 0 Å². The van der Waals surface area contributed by atoms with E-state index in [1.54, 1.807) is 31.2 Å². The lowest BCUT2D eigenvalue weighted by molar-refractivity contribution is -0.138. The summed E-state index contributed by atoms with van der Waals surface area (Å²) < 4.78 is 0. The van der Waals surface area contributed by atoms with Gasteiger partial charge in [0.25, 0.3) is 0 Å². The smallest absolute Gasteiger partial charge is 0.312 e. The van der Waals surface area contributed by atoms with E-state index in [9.17, 15) is 9.90 Å². The van der Waals surface area contributed by atoms with Crippen molar-refractivity contribution in [1.82, 2.24) is 4.98 Å². The largest absolute Gasteiger partial charge is 0.481 e. The summed E-state index contributed by atoms with van der Waals surface area (Å²) in [6.07, 6.45) is 0. The molecule has 2 N–H and O–H groups in total. The maximum Gasteiger partial charge on any atom is 0.312 e. The van der Waals surface area contributed by atoms with E-state index in [0.29, 0.717) is 17.1 Å². The number of nitriles is 1. The van der Waals surface area contributed by atoms with E-state index in [2.05, 4.69) is 16.4 Å². The van der Waals surface area contributed by atoms with Crippen molar-refractivity contribution in [3.63, 3.8) is 0 Å². The first-order chi connectivity index (χ1) is 10.1. The Balaban J connectivity index is 2.15. The zero-order valence-corrected chi connectivity index (χ0v) is 11.6. The van der Waals surface area contributed by atoms with Crippen LogP contribution in [-0.4, -0.2) is 22.6 Å². The highest BCUT2D eigenvalue weighted by Gasteiger charge is 2.19. The Kier molecular flexibility index (Phi) is 4.52. The molecule has 2 rings (SSSR count). The van der Waals surface area contributed by atoms with E-state index in [4.69, 9.17) is 5.26 Å². The molecule has 5 heteroatoms. The molecule has 0 aliphatic carbocycles. The van der Waals surface area contributed by atoms with Crippen LogP contribution in [-0.2, 0) is 4.79 Å². The minimum atomic E-state index is -0.901. The first-order valence-corrected chi connectivity index (χ1v) is 6.50. The molecule has 0 saturated carbocycles. The van der Waals surface area contributed by atoms with Gasteiger partial charge in [-0.3, -0.25) is 4.79 Å². The van der Waals surface area contributed by atoms with Crippen LogP contribution in [0.1, 0.15) is 22.7 Å². The molecule has 1 unspecified atom stereocenters. The number of aryl methyl sites for hydroxylation is 1. The van der Waals surface area contributed by atoms with Crippen molar-refractivity contribution in [3.8, 4) is 6.07 Å². The van der Waals surface area contributed by atoms with Crippen molar-refractivity contribution in [3.05, 3.63) is 59.3 Å². The highest BCUT2D eigenvalue weighted by molar-refractivity contribution is 5.76. The quantitative estimate of drug-likeness (QED) is 0.879. The number of pyridine rings is 1. The van der Waals surface area contributed by atoms with Gasteiger partial charge in [0.15, 0.2) is 0 Å². The minimum Gasteiger partial charge on any atom is -0.481 e. The van der Waals surface area contributed by atoms with Crippen molar-refractivity contribution < 1.29 is 9.90 Å². The second-order valence-electron chi connectivity index (χ2n) is 4.68. The first-order valence-electron chi connectivity index (χ1n) is 6.50. The zero-order valence-electron chi connectivity index (χ0n) is 11.6.